The molecule has 1 aromatic rings. The van der Waals surface area contributed by atoms with Gasteiger partial charge in [-0.1, -0.05) is 6.92 Å². The molecule has 0 aliphatic carbocycles. The summed E-state index contributed by atoms with van der Waals surface area (Å²) in [6, 6.07) is 0. The maximum atomic E-state index is 11.8. The zero-order valence-corrected chi connectivity index (χ0v) is 13.2. The predicted octanol–water partition coefficient (Wildman–Crippen LogP) is 2.99. The minimum Gasteiger partial charge on any atom is -0.283 e. The van der Waals surface area contributed by atoms with Crippen LogP contribution in [0.2, 0.25) is 0 Å². The van der Waals surface area contributed by atoms with E-state index < -0.39 is 0 Å². The Balaban J connectivity index is 1.72. The molecule has 0 N–H and O–H groups in total. The molecule has 20 heavy (non-hydrogen) atoms. The largest absolute Gasteiger partial charge is 0.283 e. The zero-order valence-electron chi connectivity index (χ0n) is 11.6. The zero-order chi connectivity index (χ0) is 14.5. The van der Waals surface area contributed by atoms with Crippen molar-refractivity contribution in [2.24, 2.45) is 5.92 Å². The summed E-state index contributed by atoms with van der Waals surface area (Å²) in [4.78, 5) is 29.4. The number of hydrogen-bond donors (Lipinski definition) is 0. The first-order chi connectivity index (χ1) is 9.60. The van der Waals surface area contributed by atoms with Gasteiger partial charge in [-0.05, 0) is 25.2 Å². The van der Waals surface area contributed by atoms with Crippen molar-refractivity contribution >= 4 is 34.8 Å². The highest BCUT2D eigenvalue weighted by Crippen LogP contribution is 2.20. The van der Waals surface area contributed by atoms with E-state index in [1.165, 1.54) is 4.90 Å². The molecule has 2 heterocycles. The third-order valence-corrected chi connectivity index (χ3v) is 4.64. The first kappa shape index (κ1) is 15.4. The second kappa shape index (κ2) is 7.18. The van der Waals surface area contributed by atoms with Crippen LogP contribution in [-0.2, 0) is 21.9 Å². The molecule has 1 aliphatic heterocycles. The van der Waals surface area contributed by atoms with Crippen LogP contribution in [0.5, 0.6) is 0 Å². The Labute approximate surface area is 128 Å². The van der Waals surface area contributed by atoms with E-state index in [-0.39, 0.29) is 17.7 Å². The number of aromatic nitrogens is 1. The molecule has 0 atom stereocenters. The molecule has 2 amide bonds. The van der Waals surface area contributed by atoms with Gasteiger partial charge in [0.05, 0.1) is 16.6 Å². The highest BCUT2D eigenvalue weighted by atomic mass is 35.5. The summed E-state index contributed by atoms with van der Waals surface area (Å²) in [6.45, 7) is 2.49. The van der Waals surface area contributed by atoms with Crippen molar-refractivity contribution in [3.63, 3.8) is 0 Å². The highest BCUT2D eigenvalue weighted by Gasteiger charge is 2.29. The lowest BCUT2D eigenvalue weighted by molar-refractivity contribution is -0.149. The van der Waals surface area contributed by atoms with Gasteiger partial charge in [-0.2, -0.15) is 0 Å². The molecule has 0 spiro atoms. The minimum atomic E-state index is -0.0209. The predicted molar refractivity (Wildman–Crippen MR) is 79.7 cm³/mol. The summed E-state index contributed by atoms with van der Waals surface area (Å²) in [5.74, 6) is 0.598. The summed E-state index contributed by atoms with van der Waals surface area (Å²) in [6.07, 6.45) is 3.65. The number of carbonyl (C=O) groups is 2. The van der Waals surface area contributed by atoms with Crippen LogP contribution in [0.1, 0.15) is 43.3 Å². The molecular weight excluding hydrogens is 296 g/mol. The molecule has 0 unspecified atom stereocenters. The number of amides is 2. The molecular formula is C14H19ClN2O2S. The van der Waals surface area contributed by atoms with Crippen molar-refractivity contribution in [1.82, 2.24) is 9.88 Å². The van der Waals surface area contributed by atoms with Gasteiger partial charge in [0.2, 0.25) is 11.8 Å². The van der Waals surface area contributed by atoms with Crippen LogP contribution in [0, 0.1) is 5.92 Å². The third kappa shape index (κ3) is 4.03. The van der Waals surface area contributed by atoms with E-state index in [9.17, 15) is 9.59 Å². The van der Waals surface area contributed by atoms with Crippen LogP contribution in [0.3, 0.4) is 0 Å². The number of aryl methyl sites for hydroxylation is 1. The summed E-state index contributed by atoms with van der Waals surface area (Å²) in [5, 5.41) is 3.05. The monoisotopic (exact) mass is 314 g/mol. The average molecular weight is 315 g/mol. The summed E-state index contributed by atoms with van der Waals surface area (Å²) >= 11 is 7.33. The third-order valence-electron chi connectivity index (χ3n) is 3.41. The van der Waals surface area contributed by atoms with Crippen molar-refractivity contribution in [3.8, 4) is 0 Å². The molecule has 0 saturated carbocycles. The van der Waals surface area contributed by atoms with Gasteiger partial charge in [0.25, 0.3) is 0 Å². The van der Waals surface area contributed by atoms with Crippen LogP contribution in [0.4, 0.5) is 0 Å². The molecule has 0 bridgehead atoms. The normalized spacial score (nSPS) is 17.0. The number of carbonyl (C=O) groups excluding carboxylic acids is 2. The van der Waals surface area contributed by atoms with Gasteiger partial charge in [-0.15, -0.1) is 22.9 Å². The second-order valence-corrected chi connectivity index (χ2v) is 6.49. The van der Waals surface area contributed by atoms with Crippen molar-refractivity contribution < 1.29 is 9.59 Å². The molecule has 0 aromatic carbocycles. The van der Waals surface area contributed by atoms with Crippen molar-refractivity contribution in [1.29, 1.82) is 0 Å². The second-order valence-electron chi connectivity index (χ2n) is 5.28. The Kier molecular flexibility index (Phi) is 5.54. The van der Waals surface area contributed by atoms with Gasteiger partial charge in [0.15, 0.2) is 0 Å². The van der Waals surface area contributed by atoms with Gasteiger partial charge < -0.3 is 0 Å². The van der Waals surface area contributed by atoms with E-state index in [0.717, 1.165) is 30.0 Å². The standard InChI is InChI=1S/C14H19ClN2O2S/c1-10-6-13(18)17(14(19)7-10)5-3-2-4-12-16-11(8-15)9-20-12/h9-10H,2-8H2,1H3. The fraction of sp³-hybridized carbons (Fsp3) is 0.643. The number of alkyl halides is 1. The maximum Gasteiger partial charge on any atom is 0.229 e. The lowest BCUT2D eigenvalue weighted by Gasteiger charge is -2.28. The van der Waals surface area contributed by atoms with Crippen LogP contribution in [0.25, 0.3) is 0 Å². The Bertz CT molecular complexity index is 471. The van der Waals surface area contributed by atoms with Crippen LogP contribution >= 0.6 is 22.9 Å². The topological polar surface area (TPSA) is 50.3 Å². The van der Waals surface area contributed by atoms with Crippen LogP contribution in [0.15, 0.2) is 5.38 Å². The summed E-state index contributed by atoms with van der Waals surface area (Å²) in [7, 11) is 0. The number of nitrogens with zero attached hydrogens (tertiary/aromatic N) is 2. The Morgan fingerprint density at radius 1 is 1.35 bits per heavy atom. The molecule has 1 saturated heterocycles. The van der Waals surface area contributed by atoms with E-state index in [0.29, 0.717) is 25.3 Å². The quantitative estimate of drug-likeness (QED) is 0.461. The molecule has 4 nitrogen and oxygen atoms in total. The molecule has 1 aromatic heterocycles. The number of hydrogen-bond acceptors (Lipinski definition) is 4. The first-order valence-corrected chi connectivity index (χ1v) is 8.34. The van der Waals surface area contributed by atoms with Gasteiger partial charge >= 0.3 is 0 Å². The number of unbranched alkanes of at least 4 members (excludes halogenated alkanes) is 1. The van der Waals surface area contributed by atoms with E-state index >= 15 is 0 Å². The van der Waals surface area contributed by atoms with E-state index in [1.807, 2.05) is 12.3 Å². The number of piperidine rings is 1. The lowest BCUT2D eigenvalue weighted by atomic mass is 9.97. The maximum absolute atomic E-state index is 11.8. The van der Waals surface area contributed by atoms with Gasteiger partial charge in [-0.3, -0.25) is 14.5 Å². The number of rotatable bonds is 6. The first-order valence-electron chi connectivity index (χ1n) is 6.92. The van der Waals surface area contributed by atoms with Gasteiger partial charge in [0, 0.05) is 24.8 Å². The smallest absolute Gasteiger partial charge is 0.229 e. The fourth-order valence-electron chi connectivity index (χ4n) is 2.35. The summed E-state index contributed by atoms with van der Waals surface area (Å²) < 4.78 is 0. The molecule has 6 heteroatoms. The fourth-order valence-corrected chi connectivity index (χ4v) is 3.42. The molecule has 0 radical (unpaired) electrons. The van der Waals surface area contributed by atoms with E-state index in [1.54, 1.807) is 11.3 Å². The molecule has 1 fully saturated rings. The number of imide groups is 1. The molecule has 2 rings (SSSR count). The van der Waals surface area contributed by atoms with Crippen molar-refractivity contribution in [2.75, 3.05) is 6.54 Å². The van der Waals surface area contributed by atoms with Gasteiger partial charge in [0.1, 0.15) is 0 Å². The molecule has 1 aliphatic rings. The number of likely N-dealkylation sites (tertiary alicyclic amines) is 1. The Morgan fingerprint density at radius 2 is 2.05 bits per heavy atom. The van der Waals surface area contributed by atoms with E-state index in [4.69, 9.17) is 11.6 Å². The SMILES string of the molecule is CC1CC(=O)N(CCCCc2nc(CCl)cs2)C(=O)C1. The number of halogens is 1. The average Bonchev–Trinajstić information content (AvgIpc) is 2.84. The van der Waals surface area contributed by atoms with Crippen molar-refractivity contribution in [2.45, 2.75) is 44.9 Å². The molecule has 110 valence electrons. The van der Waals surface area contributed by atoms with E-state index in [2.05, 4.69) is 4.98 Å². The number of thiazole rings is 1. The van der Waals surface area contributed by atoms with Gasteiger partial charge in [-0.25, -0.2) is 4.98 Å². The summed E-state index contributed by atoms with van der Waals surface area (Å²) in [5.41, 5.74) is 0.919. The highest BCUT2D eigenvalue weighted by molar-refractivity contribution is 7.09. The Morgan fingerprint density at radius 3 is 2.65 bits per heavy atom. The van der Waals surface area contributed by atoms with Crippen molar-refractivity contribution in [3.05, 3.63) is 16.1 Å². The minimum absolute atomic E-state index is 0.0209. The van der Waals surface area contributed by atoms with Crippen LogP contribution < -0.4 is 0 Å². The Hall–Kier alpha value is -0.940. The lowest BCUT2D eigenvalue weighted by Crippen LogP contribution is -2.43. The van der Waals surface area contributed by atoms with Crippen LogP contribution in [-0.4, -0.2) is 28.2 Å².